The number of azo groups is 1. The van der Waals surface area contributed by atoms with E-state index in [0.717, 1.165) is 5.39 Å². The summed E-state index contributed by atoms with van der Waals surface area (Å²) >= 11 is 0. The minimum absolute atomic E-state index is 0.0117. The molecule has 1 amide bonds. The van der Waals surface area contributed by atoms with Crippen molar-refractivity contribution in [3.63, 3.8) is 0 Å². The predicted octanol–water partition coefficient (Wildman–Crippen LogP) is 2.79. The quantitative estimate of drug-likeness (QED) is 0.725. The fraction of sp³-hybridized carbons (Fsp3) is 0.0667. The standard InChI is InChI=1S/C15H13N5O2/c1-20-12(6-7-17-20)18-19-13-10-5-3-2-4-9(10)8-11(14(13)21)15(16)22/h2-8,21H,1H3,(H2,16,22)/b19-18+. The van der Waals surface area contributed by atoms with Crippen molar-refractivity contribution >= 4 is 28.2 Å². The van der Waals surface area contributed by atoms with Crippen molar-refractivity contribution in [2.24, 2.45) is 23.0 Å². The zero-order chi connectivity index (χ0) is 15.7. The molecule has 110 valence electrons. The molecule has 1 heterocycles. The monoisotopic (exact) mass is 295 g/mol. The Balaban J connectivity index is 2.22. The molecular weight excluding hydrogens is 282 g/mol. The van der Waals surface area contributed by atoms with E-state index in [2.05, 4.69) is 15.3 Å². The Kier molecular flexibility index (Phi) is 3.30. The molecule has 1 aromatic heterocycles. The first kappa shape index (κ1) is 13.7. The Labute approximate surface area is 125 Å². The van der Waals surface area contributed by atoms with E-state index in [-0.39, 0.29) is 17.0 Å². The molecule has 2 aromatic carbocycles. The van der Waals surface area contributed by atoms with Crippen molar-refractivity contribution in [1.82, 2.24) is 9.78 Å². The smallest absolute Gasteiger partial charge is 0.252 e. The molecule has 0 atom stereocenters. The molecule has 0 bridgehead atoms. The predicted molar refractivity (Wildman–Crippen MR) is 81.5 cm³/mol. The lowest BCUT2D eigenvalue weighted by Gasteiger charge is -2.08. The molecule has 0 aliphatic carbocycles. The van der Waals surface area contributed by atoms with Crippen LogP contribution in [0.15, 0.2) is 52.8 Å². The first-order chi connectivity index (χ1) is 10.6. The molecule has 0 radical (unpaired) electrons. The fourth-order valence-corrected chi connectivity index (χ4v) is 2.17. The summed E-state index contributed by atoms with van der Waals surface area (Å²) in [7, 11) is 1.73. The Hall–Kier alpha value is -3.22. The Bertz CT molecular complexity index is 898. The van der Waals surface area contributed by atoms with Crippen LogP contribution in [0.4, 0.5) is 11.5 Å². The van der Waals surface area contributed by atoms with Crippen LogP contribution in [0.5, 0.6) is 5.75 Å². The molecule has 0 fully saturated rings. The number of primary amides is 1. The summed E-state index contributed by atoms with van der Waals surface area (Å²) in [6.07, 6.45) is 1.59. The number of amides is 1. The first-order valence-corrected chi connectivity index (χ1v) is 6.52. The highest BCUT2D eigenvalue weighted by molar-refractivity contribution is 6.06. The SMILES string of the molecule is Cn1nccc1/N=N/c1c(O)c(C(N)=O)cc2ccccc12. The third kappa shape index (κ3) is 2.28. The Morgan fingerprint density at radius 2 is 2.05 bits per heavy atom. The molecule has 0 spiro atoms. The molecule has 0 saturated carbocycles. The number of carbonyl (C=O) groups is 1. The van der Waals surface area contributed by atoms with Crippen LogP contribution >= 0.6 is 0 Å². The van der Waals surface area contributed by atoms with E-state index in [1.807, 2.05) is 18.2 Å². The number of nitrogens with two attached hydrogens (primary N) is 1. The van der Waals surface area contributed by atoms with Crippen molar-refractivity contribution in [2.45, 2.75) is 0 Å². The highest BCUT2D eigenvalue weighted by Crippen LogP contribution is 2.38. The van der Waals surface area contributed by atoms with Gasteiger partial charge in [-0.15, -0.1) is 10.2 Å². The number of aryl methyl sites for hydroxylation is 1. The van der Waals surface area contributed by atoms with Gasteiger partial charge in [0.05, 0.1) is 11.8 Å². The summed E-state index contributed by atoms with van der Waals surface area (Å²) in [6, 6.07) is 10.5. The van der Waals surface area contributed by atoms with Crippen LogP contribution in [0.25, 0.3) is 10.8 Å². The number of fused-ring (bicyclic) bond motifs is 1. The first-order valence-electron chi connectivity index (χ1n) is 6.52. The van der Waals surface area contributed by atoms with E-state index < -0.39 is 5.91 Å². The zero-order valence-electron chi connectivity index (χ0n) is 11.8. The van der Waals surface area contributed by atoms with Crippen LogP contribution in [0.3, 0.4) is 0 Å². The van der Waals surface area contributed by atoms with Crippen LogP contribution in [0, 0.1) is 0 Å². The molecule has 0 saturated heterocycles. The van der Waals surface area contributed by atoms with Gasteiger partial charge in [0, 0.05) is 18.5 Å². The van der Waals surface area contributed by atoms with Gasteiger partial charge in [-0.2, -0.15) is 5.10 Å². The molecular formula is C15H13N5O2. The number of aromatic hydroxyl groups is 1. The number of hydrogen-bond donors (Lipinski definition) is 2. The molecule has 3 aromatic rings. The average molecular weight is 295 g/mol. The topological polar surface area (TPSA) is 106 Å². The zero-order valence-corrected chi connectivity index (χ0v) is 11.8. The summed E-state index contributed by atoms with van der Waals surface area (Å²) in [5, 5.41) is 23.8. The largest absolute Gasteiger partial charge is 0.505 e. The number of benzene rings is 2. The second kappa shape index (κ2) is 5.28. The van der Waals surface area contributed by atoms with Crippen LogP contribution in [-0.2, 0) is 7.05 Å². The van der Waals surface area contributed by atoms with Gasteiger partial charge in [0.1, 0.15) is 5.69 Å². The lowest BCUT2D eigenvalue weighted by atomic mass is 10.0. The second-order valence-electron chi connectivity index (χ2n) is 4.72. The third-order valence-corrected chi connectivity index (χ3v) is 3.31. The van der Waals surface area contributed by atoms with E-state index >= 15 is 0 Å². The van der Waals surface area contributed by atoms with Gasteiger partial charge >= 0.3 is 0 Å². The van der Waals surface area contributed by atoms with Gasteiger partial charge in [-0.3, -0.25) is 4.79 Å². The van der Waals surface area contributed by atoms with Crippen molar-refractivity contribution in [3.05, 3.63) is 48.2 Å². The van der Waals surface area contributed by atoms with Gasteiger partial charge in [-0.05, 0) is 11.5 Å². The fourth-order valence-electron chi connectivity index (χ4n) is 2.17. The summed E-state index contributed by atoms with van der Waals surface area (Å²) < 4.78 is 1.54. The van der Waals surface area contributed by atoms with E-state index in [0.29, 0.717) is 11.2 Å². The highest BCUT2D eigenvalue weighted by atomic mass is 16.3. The number of rotatable bonds is 3. The molecule has 7 nitrogen and oxygen atoms in total. The number of nitrogens with zero attached hydrogens (tertiary/aromatic N) is 4. The van der Waals surface area contributed by atoms with E-state index in [4.69, 9.17) is 5.73 Å². The molecule has 0 aliphatic rings. The van der Waals surface area contributed by atoms with E-state index in [9.17, 15) is 9.90 Å². The Morgan fingerprint density at radius 1 is 1.27 bits per heavy atom. The van der Waals surface area contributed by atoms with Crippen molar-refractivity contribution in [1.29, 1.82) is 0 Å². The maximum Gasteiger partial charge on any atom is 0.252 e. The Morgan fingerprint density at radius 3 is 2.73 bits per heavy atom. The molecule has 22 heavy (non-hydrogen) atoms. The van der Waals surface area contributed by atoms with Gasteiger partial charge in [0.2, 0.25) is 0 Å². The lowest BCUT2D eigenvalue weighted by molar-refractivity contribution is 0.0998. The van der Waals surface area contributed by atoms with Crippen LogP contribution in [-0.4, -0.2) is 20.8 Å². The molecule has 3 rings (SSSR count). The minimum atomic E-state index is -0.722. The number of phenols is 1. The summed E-state index contributed by atoms with van der Waals surface area (Å²) in [6.45, 7) is 0. The van der Waals surface area contributed by atoms with Crippen molar-refractivity contribution in [3.8, 4) is 5.75 Å². The molecule has 0 aliphatic heterocycles. The van der Waals surface area contributed by atoms with Crippen molar-refractivity contribution in [2.75, 3.05) is 0 Å². The molecule has 3 N–H and O–H groups in total. The number of aromatic nitrogens is 2. The minimum Gasteiger partial charge on any atom is -0.505 e. The molecule has 0 unspecified atom stereocenters. The summed E-state index contributed by atoms with van der Waals surface area (Å²) in [5.41, 5.74) is 5.52. The van der Waals surface area contributed by atoms with Gasteiger partial charge in [0.25, 0.3) is 5.91 Å². The second-order valence-corrected chi connectivity index (χ2v) is 4.72. The highest BCUT2D eigenvalue weighted by Gasteiger charge is 2.16. The maximum absolute atomic E-state index is 11.5. The van der Waals surface area contributed by atoms with Crippen LogP contribution < -0.4 is 5.73 Å². The lowest BCUT2D eigenvalue weighted by Crippen LogP contribution is -2.11. The van der Waals surface area contributed by atoms with Crippen LogP contribution in [0.2, 0.25) is 0 Å². The summed E-state index contributed by atoms with van der Waals surface area (Å²) in [5.74, 6) is -0.481. The normalized spacial score (nSPS) is 11.3. The van der Waals surface area contributed by atoms with E-state index in [1.54, 1.807) is 30.1 Å². The summed E-state index contributed by atoms with van der Waals surface area (Å²) in [4.78, 5) is 11.5. The van der Waals surface area contributed by atoms with Gasteiger partial charge < -0.3 is 10.8 Å². The van der Waals surface area contributed by atoms with Gasteiger partial charge in [-0.25, -0.2) is 4.68 Å². The van der Waals surface area contributed by atoms with Crippen molar-refractivity contribution < 1.29 is 9.90 Å². The van der Waals surface area contributed by atoms with E-state index in [1.165, 1.54) is 6.07 Å². The van der Waals surface area contributed by atoms with Gasteiger partial charge in [-0.1, -0.05) is 24.3 Å². The number of carbonyl (C=O) groups excluding carboxylic acids is 1. The van der Waals surface area contributed by atoms with Gasteiger partial charge in [0.15, 0.2) is 11.6 Å². The van der Waals surface area contributed by atoms with Crippen LogP contribution in [0.1, 0.15) is 10.4 Å². The average Bonchev–Trinajstić information content (AvgIpc) is 2.91. The third-order valence-electron chi connectivity index (χ3n) is 3.31. The number of hydrogen-bond acceptors (Lipinski definition) is 5. The molecule has 7 heteroatoms. The maximum atomic E-state index is 11.5.